The minimum atomic E-state index is -1.25. The monoisotopic (exact) mass is 760 g/mol. The van der Waals surface area contributed by atoms with Crippen molar-refractivity contribution in [3.63, 3.8) is 0 Å². The zero-order valence-corrected chi connectivity index (χ0v) is 29.1. The fourth-order valence-electron chi connectivity index (χ4n) is 5.27. The highest BCUT2D eigenvalue weighted by Gasteiger charge is 2.41. The van der Waals surface area contributed by atoms with Gasteiger partial charge in [-0.15, -0.1) is 0 Å². The summed E-state index contributed by atoms with van der Waals surface area (Å²) in [6.07, 6.45) is 0.690. The summed E-state index contributed by atoms with van der Waals surface area (Å²) in [4.78, 5) is 51.1. The third kappa shape index (κ3) is 9.70. The van der Waals surface area contributed by atoms with Crippen LogP contribution in [0.4, 0.5) is 0 Å². The van der Waals surface area contributed by atoms with Crippen LogP contribution in [0.5, 0.6) is 23.0 Å². The van der Waals surface area contributed by atoms with Crippen molar-refractivity contribution in [1.82, 2.24) is 21.7 Å². The van der Waals surface area contributed by atoms with Gasteiger partial charge in [0.25, 0.3) is 23.6 Å². The first-order valence-corrected chi connectivity index (χ1v) is 16.9. The zero-order chi connectivity index (χ0) is 38.7. The Bertz CT molecular complexity index is 1850. The minimum Gasteiger partial charge on any atom is -0.457 e. The van der Waals surface area contributed by atoms with E-state index in [-0.39, 0.29) is 13.6 Å². The van der Waals surface area contributed by atoms with Crippen molar-refractivity contribution in [2.75, 3.05) is 13.6 Å². The first kappa shape index (κ1) is 37.2. The van der Waals surface area contributed by atoms with E-state index in [4.69, 9.17) is 28.4 Å². The number of nitrogens with zero attached hydrogens (tertiary/aromatic N) is 4. The maximum atomic E-state index is 12.8. The third-order valence-corrected chi connectivity index (χ3v) is 8.12. The second-order valence-corrected chi connectivity index (χ2v) is 12.0. The third-order valence-electron chi connectivity index (χ3n) is 8.12. The fraction of sp³-hybridized carbons (Fsp3) is 0.158. The van der Waals surface area contributed by atoms with Gasteiger partial charge in [0.2, 0.25) is 0 Å². The Morgan fingerprint density at radius 2 is 0.571 bits per heavy atom. The number of carbonyl (C=O) groups excluding carboxylic acids is 4. The molecule has 2 saturated heterocycles. The van der Waals surface area contributed by atoms with Gasteiger partial charge in [0.15, 0.2) is 24.4 Å². The molecule has 0 spiro atoms. The Balaban J connectivity index is 1.04. The van der Waals surface area contributed by atoms with Gasteiger partial charge in [-0.1, -0.05) is 0 Å². The van der Waals surface area contributed by atoms with E-state index < -0.39 is 48.0 Å². The Hall–Kier alpha value is -7.12. The normalized spacial score (nSPS) is 21.9. The Morgan fingerprint density at radius 3 is 0.786 bits per heavy atom. The highest BCUT2D eigenvalue weighted by atomic mass is 16.7. The summed E-state index contributed by atoms with van der Waals surface area (Å²) < 4.78 is 33.1. The number of hydrazone groups is 4. The van der Waals surface area contributed by atoms with Gasteiger partial charge in [-0.25, -0.2) is 21.7 Å². The summed E-state index contributed by atoms with van der Waals surface area (Å²) in [5.41, 5.74) is 12.1. The van der Waals surface area contributed by atoms with Crippen LogP contribution in [0, 0.1) is 0 Å². The van der Waals surface area contributed by atoms with Gasteiger partial charge in [0.05, 0.1) is 24.9 Å². The second-order valence-electron chi connectivity index (χ2n) is 12.0. The standard InChI is InChI=1S/C38H32N8O10/c47-35-31-32(52-21-51-31)36(48)44-41-19-25-5-13-29(14-6-25)56-30-15-7-26(8-16-30)20-42-46-38(50)34-33(53-22-54-34)37(49)45-40-18-24-3-11-28(12-4-24)55-27-9-1-23(2-10-27)17-39-43-35/h1-20,31-34H,21-22H2,(H,43,47)(H,44,48)(H,45,49)(H,46,50)/t31-,32-,33-,34-/m1/s1. The van der Waals surface area contributed by atoms with E-state index in [1.165, 1.54) is 24.9 Å². The average Bonchev–Trinajstić information content (AvgIpc) is 3.92. The maximum Gasteiger partial charge on any atom is 0.272 e. The Kier molecular flexibility index (Phi) is 11.8. The van der Waals surface area contributed by atoms with Gasteiger partial charge in [-0.2, -0.15) is 20.4 Å². The predicted octanol–water partition coefficient (Wildman–Crippen LogP) is 2.27. The molecule has 18 heteroatoms. The van der Waals surface area contributed by atoms with E-state index in [2.05, 4.69) is 42.1 Å². The van der Waals surface area contributed by atoms with Crippen molar-refractivity contribution in [3.8, 4) is 23.0 Å². The smallest absolute Gasteiger partial charge is 0.272 e. The van der Waals surface area contributed by atoms with Crippen LogP contribution in [0.15, 0.2) is 117 Å². The van der Waals surface area contributed by atoms with Crippen LogP contribution in [0.3, 0.4) is 0 Å². The molecule has 9 aliphatic rings. The van der Waals surface area contributed by atoms with Gasteiger partial charge in [0, 0.05) is 0 Å². The molecule has 0 aliphatic carbocycles. The highest BCUT2D eigenvalue weighted by Crippen LogP contribution is 2.23. The zero-order valence-electron chi connectivity index (χ0n) is 29.1. The molecule has 4 atom stereocenters. The molecule has 18 nitrogen and oxygen atoms in total. The molecule has 4 aromatic carbocycles. The van der Waals surface area contributed by atoms with Gasteiger partial charge in [0.1, 0.15) is 36.6 Å². The van der Waals surface area contributed by atoms with Gasteiger partial charge < -0.3 is 28.4 Å². The number of nitrogens with one attached hydrogen (secondary N) is 4. The molecule has 2 fully saturated rings. The predicted molar refractivity (Wildman–Crippen MR) is 198 cm³/mol. The van der Waals surface area contributed by atoms with E-state index in [1.54, 1.807) is 97.1 Å². The number of rotatable bonds is 0. The van der Waals surface area contributed by atoms with Crippen LogP contribution >= 0.6 is 0 Å². The second kappa shape index (κ2) is 17.8. The van der Waals surface area contributed by atoms with Crippen molar-refractivity contribution >= 4 is 48.5 Å². The van der Waals surface area contributed by atoms with Crippen LogP contribution in [0.2, 0.25) is 0 Å². The van der Waals surface area contributed by atoms with Crippen LogP contribution in [0.1, 0.15) is 22.3 Å². The summed E-state index contributed by atoms with van der Waals surface area (Å²) in [5, 5.41) is 15.9. The van der Waals surface area contributed by atoms with Crippen LogP contribution < -0.4 is 31.2 Å². The molecule has 4 amide bonds. The molecule has 0 unspecified atom stereocenters. The molecule has 0 aromatic heterocycles. The van der Waals surface area contributed by atoms with E-state index in [0.29, 0.717) is 45.3 Å². The lowest BCUT2D eigenvalue weighted by Crippen LogP contribution is -2.45. The summed E-state index contributed by atoms with van der Waals surface area (Å²) >= 11 is 0. The van der Waals surface area contributed by atoms with Gasteiger partial charge in [-0.05, 0) is 119 Å². The number of hydrogen-bond donors (Lipinski definition) is 4. The summed E-state index contributed by atoms with van der Waals surface area (Å²) in [6.45, 7) is -0.524. The van der Waals surface area contributed by atoms with Crippen molar-refractivity contribution in [2.45, 2.75) is 24.4 Å². The largest absolute Gasteiger partial charge is 0.457 e. The Labute approximate surface area is 318 Å². The van der Waals surface area contributed by atoms with Crippen molar-refractivity contribution in [2.24, 2.45) is 20.4 Å². The quantitative estimate of drug-likeness (QED) is 0.205. The number of carbonyl (C=O) groups is 4. The van der Waals surface area contributed by atoms with E-state index >= 15 is 0 Å². The van der Waals surface area contributed by atoms with Crippen molar-refractivity contribution in [1.29, 1.82) is 0 Å². The number of hydrogen-bond acceptors (Lipinski definition) is 14. The Morgan fingerprint density at radius 1 is 0.357 bits per heavy atom. The molecule has 8 bridgehead atoms. The maximum absolute atomic E-state index is 12.8. The average molecular weight is 761 g/mol. The summed E-state index contributed by atoms with van der Waals surface area (Å²) in [5.74, 6) is -0.553. The number of benzene rings is 4. The molecule has 284 valence electrons. The summed E-state index contributed by atoms with van der Waals surface area (Å²) in [7, 11) is 0. The fourth-order valence-corrected chi connectivity index (χ4v) is 5.27. The molecular formula is C38H32N8O10. The molecule has 0 radical (unpaired) electrons. The van der Waals surface area contributed by atoms with Gasteiger partial charge >= 0.3 is 0 Å². The minimum absolute atomic E-state index is 0.262. The molecule has 4 aromatic rings. The highest BCUT2D eigenvalue weighted by molar-refractivity contribution is 5.94. The van der Waals surface area contributed by atoms with E-state index in [1.807, 2.05) is 0 Å². The van der Waals surface area contributed by atoms with Crippen LogP contribution in [-0.2, 0) is 38.1 Å². The molecule has 56 heavy (non-hydrogen) atoms. The van der Waals surface area contributed by atoms with Crippen LogP contribution in [0.25, 0.3) is 0 Å². The first-order valence-electron chi connectivity index (χ1n) is 16.9. The lowest BCUT2D eigenvalue weighted by Gasteiger charge is -2.13. The molecular weight excluding hydrogens is 728 g/mol. The summed E-state index contributed by atoms with van der Waals surface area (Å²) in [6, 6.07) is 27.6. The van der Waals surface area contributed by atoms with E-state index in [9.17, 15) is 19.2 Å². The van der Waals surface area contributed by atoms with Gasteiger partial charge in [-0.3, -0.25) is 19.2 Å². The molecule has 4 N–H and O–H groups in total. The van der Waals surface area contributed by atoms with Crippen LogP contribution in [-0.4, -0.2) is 86.5 Å². The van der Waals surface area contributed by atoms with Crippen molar-refractivity contribution in [3.05, 3.63) is 119 Å². The van der Waals surface area contributed by atoms with Crippen molar-refractivity contribution < 1.29 is 47.6 Å². The molecule has 0 saturated carbocycles. The topological polar surface area (TPSA) is 221 Å². The lowest BCUT2D eigenvalue weighted by atomic mass is 10.2. The molecule has 9 heterocycles. The van der Waals surface area contributed by atoms with E-state index in [0.717, 1.165) is 0 Å². The number of amides is 4. The molecule has 13 rings (SSSR count). The molecule has 9 aliphatic heterocycles. The lowest BCUT2D eigenvalue weighted by molar-refractivity contribution is -0.137. The number of ether oxygens (including phenoxy) is 6. The SMILES string of the molecule is O=C1NN=Cc2ccc(cc2)Oc2ccc(cc2)C=NNC(=O)[C@@H]2OCO[C@H]2C(=O)NN=Cc2ccc(cc2)Oc2ccc(cc2)C=NNC(=O)[C@@H]2OCO[C@@H]12. The first-order chi connectivity index (χ1) is 27.4.